The standard InChI is InChI=1S/C22H22N2O6/c1-22(2,3)30-18(26)11-29-16-9-7-14-19-12(16)5-4-6-13(19)21(28)24(14)15-8-10-17(25)23-20(15)27/h4-7,9,15H,8,10-11H2,1-3H3,(H,23,25,27)/t15-/m1/s1. The van der Waals surface area contributed by atoms with Gasteiger partial charge in [0, 0.05) is 22.8 Å². The molecule has 30 heavy (non-hydrogen) atoms. The number of piperidine rings is 1. The minimum Gasteiger partial charge on any atom is -0.481 e. The number of benzene rings is 2. The molecule has 0 bridgehead atoms. The zero-order valence-electron chi connectivity index (χ0n) is 17.0. The van der Waals surface area contributed by atoms with Gasteiger partial charge >= 0.3 is 5.97 Å². The zero-order valence-corrected chi connectivity index (χ0v) is 17.0. The van der Waals surface area contributed by atoms with Gasteiger partial charge in [-0.05, 0) is 45.4 Å². The third kappa shape index (κ3) is 3.49. The van der Waals surface area contributed by atoms with Gasteiger partial charge in [-0.3, -0.25) is 24.6 Å². The highest BCUT2D eigenvalue weighted by atomic mass is 16.6. The van der Waals surface area contributed by atoms with Gasteiger partial charge in [-0.2, -0.15) is 0 Å². The zero-order chi connectivity index (χ0) is 21.6. The normalized spacial score (nSPS) is 18.6. The molecule has 0 aromatic heterocycles. The van der Waals surface area contributed by atoms with Crippen LogP contribution in [0.4, 0.5) is 5.69 Å². The summed E-state index contributed by atoms with van der Waals surface area (Å²) in [6.45, 7) is 5.07. The molecule has 0 aliphatic carbocycles. The SMILES string of the molecule is CC(C)(C)OC(=O)COc1ccc2c3c(cccc13)C(=O)N2[C@@H]1CCC(=O)NC1=O. The Labute approximate surface area is 173 Å². The molecule has 1 fully saturated rings. The van der Waals surface area contributed by atoms with Crippen molar-refractivity contribution < 1.29 is 28.7 Å². The fraction of sp³-hybridized carbons (Fsp3) is 0.364. The maximum atomic E-state index is 13.1. The van der Waals surface area contributed by atoms with Gasteiger partial charge in [-0.25, -0.2) is 4.79 Å². The van der Waals surface area contributed by atoms with E-state index in [-0.39, 0.29) is 31.3 Å². The van der Waals surface area contributed by atoms with Crippen LogP contribution in [0.2, 0.25) is 0 Å². The van der Waals surface area contributed by atoms with E-state index in [4.69, 9.17) is 9.47 Å². The summed E-state index contributed by atoms with van der Waals surface area (Å²) in [4.78, 5) is 50.4. The molecule has 1 atom stereocenters. The number of anilines is 1. The molecule has 8 heteroatoms. The number of amides is 3. The topological polar surface area (TPSA) is 102 Å². The van der Waals surface area contributed by atoms with Crippen LogP contribution < -0.4 is 15.0 Å². The lowest BCUT2D eigenvalue weighted by atomic mass is 10.0. The number of carbonyl (C=O) groups is 4. The predicted molar refractivity (Wildman–Crippen MR) is 108 cm³/mol. The Morgan fingerprint density at radius 1 is 1.17 bits per heavy atom. The van der Waals surface area contributed by atoms with Crippen LogP contribution in [0.3, 0.4) is 0 Å². The summed E-state index contributed by atoms with van der Waals surface area (Å²) >= 11 is 0. The van der Waals surface area contributed by atoms with Crippen molar-refractivity contribution in [3.8, 4) is 5.75 Å². The second-order valence-electron chi connectivity index (χ2n) is 8.33. The summed E-state index contributed by atoms with van der Waals surface area (Å²) in [6.07, 6.45) is 0.444. The Morgan fingerprint density at radius 3 is 2.63 bits per heavy atom. The molecule has 1 saturated heterocycles. The summed E-state index contributed by atoms with van der Waals surface area (Å²) in [6, 6.07) is 7.84. The monoisotopic (exact) mass is 410 g/mol. The second kappa shape index (κ2) is 7.12. The first-order valence-corrected chi connectivity index (χ1v) is 9.73. The highest BCUT2D eigenvalue weighted by Crippen LogP contribution is 2.43. The average molecular weight is 410 g/mol. The van der Waals surface area contributed by atoms with Crippen molar-refractivity contribution in [1.82, 2.24) is 5.32 Å². The largest absolute Gasteiger partial charge is 0.481 e. The fourth-order valence-corrected chi connectivity index (χ4v) is 3.85. The van der Waals surface area contributed by atoms with Gasteiger partial charge < -0.3 is 9.47 Å². The lowest BCUT2D eigenvalue weighted by molar-refractivity contribution is -0.157. The highest BCUT2D eigenvalue weighted by molar-refractivity contribution is 6.27. The van der Waals surface area contributed by atoms with Crippen molar-refractivity contribution in [3.05, 3.63) is 35.9 Å². The van der Waals surface area contributed by atoms with E-state index >= 15 is 0 Å². The van der Waals surface area contributed by atoms with Gasteiger partial charge in [0.05, 0.1) is 5.69 Å². The molecule has 4 rings (SSSR count). The first kappa shape index (κ1) is 19.9. The van der Waals surface area contributed by atoms with Crippen LogP contribution in [0.15, 0.2) is 30.3 Å². The Bertz CT molecular complexity index is 1080. The molecule has 2 aromatic carbocycles. The van der Waals surface area contributed by atoms with Crippen LogP contribution in [-0.2, 0) is 19.1 Å². The van der Waals surface area contributed by atoms with Crippen molar-refractivity contribution in [1.29, 1.82) is 0 Å². The number of hydrogen-bond acceptors (Lipinski definition) is 6. The van der Waals surface area contributed by atoms with Crippen molar-refractivity contribution in [2.24, 2.45) is 0 Å². The van der Waals surface area contributed by atoms with E-state index in [9.17, 15) is 19.2 Å². The summed E-state index contributed by atoms with van der Waals surface area (Å²) in [5.74, 6) is -1.16. The third-order valence-corrected chi connectivity index (χ3v) is 4.97. The first-order valence-electron chi connectivity index (χ1n) is 9.73. The number of carbonyl (C=O) groups excluding carboxylic acids is 4. The van der Waals surface area contributed by atoms with Crippen LogP contribution in [0.25, 0.3) is 10.8 Å². The quantitative estimate of drug-likeness (QED) is 0.613. The summed E-state index contributed by atoms with van der Waals surface area (Å²) in [7, 11) is 0. The van der Waals surface area contributed by atoms with Crippen molar-refractivity contribution >= 4 is 40.2 Å². The van der Waals surface area contributed by atoms with E-state index in [1.807, 2.05) is 0 Å². The van der Waals surface area contributed by atoms with E-state index in [2.05, 4.69) is 5.32 Å². The fourth-order valence-electron chi connectivity index (χ4n) is 3.85. The van der Waals surface area contributed by atoms with Crippen LogP contribution in [0.1, 0.15) is 44.0 Å². The van der Waals surface area contributed by atoms with Crippen LogP contribution in [0.5, 0.6) is 5.75 Å². The van der Waals surface area contributed by atoms with Crippen LogP contribution in [-0.4, -0.2) is 41.9 Å². The van der Waals surface area contributed by atoms with E-state index in [1.54, 1.807) is 51.1 Å². The van der Waals surface area contributed by atoms with Crippen molar-refractivity contribution in [2.75, 3.05) is 11.5 Å². The molecular formula is C22H22N2O6. The molecule has 3 amide bonds. The van der Waals surface area contributed by atoms with E-state index in [1.165, 1.54) is 4.90 Å². The maximum Gasteiger partial charge on any atom is 0.344 e. The number of ether oxygens (including phenoxy) is 2. The average Bonchev–Trinajstić information content (AvgIpc) is 2.94. The van der Waals surface area contributed by atoms with E-state index in [0.29, 0.717) is 27.8 Å². The molecular weight excluding hydrogens is 388 g/mol. The van der Waals surface area contributed by atoms with Crippen LogP contribution >= 0.6 is 0 Å². The van der Waals surface area contributed by atoms with E-state index in [0.717, 1.165) is 0 Å². The molecule has 0 spiro atoms. The number of nitrogens with zero attached hydrogens (tertiary/aromatic N) is 1. The Hall–Kier alpha value is -3.42. The van der Waals surface area contributed by atoms with Gasteiger partial charge in [-0.15, -0.1) is 0 Å². The summed E-state index contributed by atoms with van der Waals surface area (Å²) < 4.78 is 11.0. The molecule has 2 heterocycles. The Kier molecular flexibility index (Phi) is 4.72. The van der Waals surface area contributed by atoms with Crippen molar-refractivity contribution in [3.63, 3.8) is 0 Å². The highest BCUT2D eigenvalue weighted by Gasteiger charge is 2.41. The number of rotatable bonds is 4. The summed E-state index contributed by atoms with van der Waals surface area (Å²) in [5.41, 5.74) is 0.428. The lowest BCUT2D eigenvalue weighted by Gasteiger charge is -2.30. The molecule has 1 N–H and O–H groups in total. The molecule has 2 aliphatic heterocycles. The molecule has 2 aliphatic rings. The molecule has 156 valence electrons. The number of esters is 1. The first-order chi connectivity index (χ1) is 14.2. The number of hydrogen-bond donors (Lipinski definition) is 1. The molecule has 0 unspecified atom stereocenters. The Morgan fingerprint density at radius 2 is 1.93 bits per heavy atom. The Balaban J connectivity index is 1.66. The molecule has 2 aromatic rings. The van der Waals surface area contributed by atoms with Gasteiger partial charge in [0.2, 0.25) is 11.8 Å². The van der Waals surface area contributed by atoms with E-state index < -0.39 is 23.5 Å². The lowest BCUT2D eigenvalue weighted by Crippen LogP contribution is -2.53. The van der Waals surface area contributed by atoms with Gasteiger partial charge in [0.15, 0.2) is 6.61 Å². The summed E-state index contributed by atoms with van der Waals surface area (Å²) in [5, 5.41) is 3.63. The van der Waals surface area contributed by atoms with Crippen molar-refractivity contribution in [2.45, 2.75) is 45.3 Å². The second-order valence-corrected chi connectivity index (χ2v) is 8.33. The molecule has 0 radical (unpaired) electrons. The smallest absolute Gasteiger partial charge is 0.344 e. The number of nitrogens with one attached hydrogen (secondary N) is 1. The predicted octanol–water partition coefficient (Wildman–Crippen LogP) is 2.33. The van der Waals surface area contributed by atoms with Gasteiger partial charge in [0.1, 0.15) is 17.4 Å². The molecule has 0 saturated carbocycles. The van der Waals surface area contributed by atoms with Gasteiger partial charge in [-0.1, -0.05) is 12.1 Å². The van der Waals surface area contributed by atoms with Gasteiger partial charge in [0.25, 0.3) is 5.91 Å². The minimum atomic E-state index is -0.751. The number of imide groups is 1. The minimum absolute atomic E-state index is 0.177. The third-order valence-electron chi connectivity index (χ3n) is 4.97. The van der Waals surface area contributed by atoms with Crippen LogP contribution in [0, 0.1) is 0 Å². The maximum absolute atomic E-state index is 13.1. The molecule has 8 nitrogen and oxygen atoms in total.